The normalized spacial score (nSPS) is 39.2. The Kier molecular flexibility index (Phi) is 11.5. The third-order valence-corrected chi connectivity index (χ3v) is 5.88. The summed E-state index contributed by atoms with van der Waals surface area (Å²) in [6.45, 7) is 1.96. The quantitative estimate of drug-likeness (QED) is 0.0546. The third-order valence-electron chi connectivity index (χ3n) is 5.88. The molecule has 2 fully saturated rings. The molecule has 1 unspecified atom stereocenters. The van der Waals surface area contributed by atoms with E-state index in [4.69, 9.17) is 29.9 Å². The number of hydrazine groups is 1. The molecule has 34 heavy (non-hydrogen) atoms. The standard InChI is InChI=1S/C18H37N5O11/c1-9-12(25)13(26)17(11(8-24)32-9)34-18-15(28)14(27)16(31-2)10(33-18)7-22(23(30)21-29)6-5-20-4-3-19/h9-18,20,24-29H,3-8,19H2,1-2H3/b23-21-/t9-,10-,11-,12+,13-,14-,15-,16-,17?,18-/m1/s1. The molecule has 16 heteroatoms. The number of nitrogens with two attached hydrogens (primary N) is 1. The molecule has 0 aliphatic carbocycles. The predicted molar refractivity (Wildman–Crippen MR) is 111 cm³/mol. The van der Waals surface area contributed by atoms with Crippen LogP contribution in [0.5, 0.6) is 0 Å². The fourth-order valence-corrected chi connectivity index (χ4v) is 4.00. The molecule has 2 aliphatic rings. The number of rotatable bonds is 12. The Balaban J connectivity index is 2.17. The zero-order valence-electron chi connectivity index (χ0n) is 19.2. The molecule has 2 saturated heterocycles. The summed E-state index contributed by atoms with van der Waals surface area (Å²) < 4.78 is 22.2. The largest absolute Gasteiger partial charge is 0.569 e. The Labute approximate surface area is 196 Å². The molecule has 0 amide bonds. The second-order valence-corrected chi connectivity index (χ2v) is 8.16. The monoisotopic (exact) mass is 499 g/mol. The molecule has 10 atom stereocenters. The van der Waals surface area contributed by atoms with Gasteiger partial charge in [0, 0.05) is 26.7 Å². The van der Waals surface area contributed by atoms with Crippen LogP contribution in [-0.2, 0) is 18.9 Å². The van der Waals surface area contributed by atoms with E-state index >= 15 is 0 Å². The van der Waals surface area contributed by atoms with E-state index < -0.39 is 67.8 Å². The Morgan fingerprint density at radius 3 is 2.32 bits per heavy atom. The minimum Gasteiger partial charge on any atom is -0.569 e. The van der Waals surface area contributed by atoms with Gasteiger partial charge in [-0.2, -0.15) is 0 Å². The number of aliphatic hydroxyl groups excluding tert-OH is 5. The second-order valence-electron chi connectivity index (χ2n) is 8.16. The van der Waals surface area contributed by atoms with E-state index in [9.17, 15) is 30.7 Å². The molecule has 9 N–H and O–H groups in total. The summed E-state index contributed by atoms with van der Waals surface area (Å²) in [7, 11) is 1.27. The lowest BCUT2D eigenvalue weighted by atomic mass is 9.94. The van der Waals surface area contributed by atoms with Crippen molar-refractivity contribution in [2.75, 3.05) is 46.4 Å². The van der Waals surface area contributed by atoms with Crippen LogP contribution in [0.4, 0.5) is 0 Å². The molecule has 0 radical (unpaired) electrons. The van der Waals surface area contributed by atoms with Crippen LogP contribution >= 0.6 is 0 Å². The van der Waals surface area contributed by atoms with Crippen LogP contribution in [-0.4, -0.2) is 148 Å². The maximum atomic E-state index is 12.0. The van der Waals surface area contributed by atoms with Crippen LogP contribution in [0.25, 0.3) is 0 Å². The van der Waals surface area contributed by atoms with E-state index in [1.165, 1.54) is 14.0 Å². The first-order chi connectivity index (χ1) is 16.2. The first-order valence-electron chi connectivity index (χ1n) is 11.0. The second kappa shape index (κ2) is 13.6. The highest BCUT2D eigenvalue weighted by molar-refractivity contribution is 4.95. The molecule has 16 nitrogen and oxygen atoms in total. The van der Waals surface area contributed by atoms with Gasteiger partial charge in [0.15, 0.2) is 6.29 Å². The molecule has 0 aromatic heterocycles. The van der Waals surface area contributed by atoms with Crippen molar-refractivity contribution >= 4 is 0 Å². The van der Waals surface area contributed by atoms with Crippen molar-refractivity contribution in [1.29, 1.82) is 0 Å². The van der Waals surface area contributed by atoms with Crippen molar-refractivity contribution in [3.8, 4) is 0 Å². The van der Waals surface area contributed by atoms with Gasteiger partial charge in [-0.25, -0.2) is 0 Å². The minimum atomic E-state index is -1.64. The lowest BCUT2D eigenvalue weighted by molar-refractivity contribution is -0.711. The summed E-state index contributed by atoms with van der Waals surface area (Å²) in [5.41, 5.74) is 5.42. The summed E-state index contributed by atoms with van der Waals surface area (Å²) in [6, 6.07) is 0. The van der Waals surface area contributed by atoms with Crippen molar-refractivity contribution in [1.82, 2.24) is 10.3 Å². The highest BCUT2D eigenvalue weighted by Gasteiger charge is 2.50. The van der Waals surface area contributed by atoms with Crippen LogP contribution in [0.15, 0.2) is 5.28 Å². The SMILES string of the molecule is CO[C@H]1[C@H](O)[C@@H](O)[C@@H](OC2[C@@H](CO)O[C@H](C)[C@H](O)[C@H]2O)O[C@@H]1CN(CCNCCN)/[N+]([O-])=N/O. The number of aliphatic hydroxyl groups is 5. The van der Waals surface area contributed by atoms with E-state index in [1.54, 1.807) is 0 Å². The summed E-state index contributed by atoms with van der Waals surface area (Å²) in [4.78, 5) is -0.0637. The Hall–Kier alpha value is -1.44. The first-order valence-corrected chi connectivity index (χ1v) is 11.0. The fourth-order valence-electron chi connectivity index (χ4n) is 4.00. The van der Waals surface area contributed by atoms with Gasteiger partial charge in [0.25, 0.3) is 0 Å². The highest BCUT2D eigenvalue weighted by Crippen LogP contribution is 2.30. The van der Waals surface area contributed by atoms with Crippen LogP contribution < -0.4 is 11.1 Å². The summed E-state index contributed by atoms with van der Waals surface area (Å²) in [5, 5.41) is 78.9. The van der Waals surface area contributed by atoms with Gasteiger partial charge < -0.3 is 65.9 Å². The fraction of sp³-hybridized carbons (Fsp3) is 1.00. The van der Waals surface area contributed by atoms with E-state index in [1.807, 2.05) is 0 Å². The van der Waals surface area contributed by atoms with E-state index in [2.05, 4.69) is 10.6 Å². The summed E-state index contributed by atoms with van der Waals surface area (Å²) in [6.07, 6.45) is -12.9. The Morgan fingerprint density at radius 1 is 1.06 bits per heavy atom. The average Bonchev–Trinajstić information content (AvgIpc) is 2.83. The Morgan fingerprint density at radius 2 is 1.74 bits per heavy atom. The van der Waals surface area contributed by atoms with Crippen molar-refractivity contribution in [3.63, 3.8) is 0 Å². The molecule has 0 aromatic carbocycles. The summed E-state index contributed by atoms with van der Waals surface area (Å²) >= 11 is 0. The van der Waals surface area contributed by atoms with Crippen molar-refractivity contribution in [3.05, 3.63) is 5.21 Å². The van der Waals surface area contributed by atoms with Gasteiger partial charge in [-0.3, -0.25) is 0 Å². The van der Waals surface area contributed by atoms with Crippen LogP contribution in [0.3, 0.4) is 0 Å². The van der Waals surface area contributed by atoms with E-state index in [0.717, 1.165) is 5.01 Å². The maximum absolute atomic E-state index is 12.0. The smallest absolute Gasteiger partial charge is 0.230 e. The molecule has 0 aromatic rings. The van der Waals surface area contributed by atoms with Crippen LogP contribution in [0.1, 0.15) is 6.92 Å². The number of hydrogen-bond donors (Lipinski definition) is 8. The van der Waals surface area contributed by atoms with Gasteiger partial charge in [0.1, 0.15) is 55.4 Å². The number of ether oxygens (including phenoxy) is 4. The van der Waals surface area contributed by atoms with Gasteiger partial charge in [-0.15, -0.1) is 5.01 Å². The zero-order valence-corrected chi connectivity index (χ0v) is 19.2. The van der Waals surface area contributed by atoms with Gasteiger partial charge >= 0.3 is 0 Å². The molecule has 2 heterocycles. The molecule has 200 valence electrons. The number of nitrogens with one attached hydrogen (secondary N) is 1. The van der Waals surface area contributed by atoms with Gasteiger partial charge in [-0.1, -0.05) is 0 Å². The maximum Gasteiger partial charge on any atom is 0.230 e. The van der Waals surface area contributed by atoms with Crippen molar-refractivity contribution in [2.24, 2.45) is 11.0 Å². The third kappa shape index (κ3) is 6.82. The number of methoxy groups -OCH3 is 1. The number of hydrogen-bond acceptors (Lipinski definition) is 13. The van der Waals surface area contributed by atoms with Gasteiger partial charge in [0.05, 0.1) is 24.2 Å². The minimum absolute atomic E-state index is 0.0637. The van der Waals surface area contributed by atoms with Gasteiger partial charge in [0.2, 0.25) is 5.28 Å². The molecule has 0 bridgehead atoms. The van der Waals surface area contributed by atoms with Crippen molar-refractivity contribution in [2.45, 2.75) is 68.1 Å². The molecular weight excluding hydrogens is 462 g/mol. The van der Waals surface area contributed by atoms with E-state index in [-0.39, 0.29) is 18.1 Å². The zero-order chi connectivity index (χ0) is 25.4. The molecule has 0 spiro atoms. The first kappa shape index (κ1) is 28.8. The average molecular weight is 500 g/mol. The lowest BCUT2D eigenvalue weighted by Gasteiger charge is -2.46. The van der Waals surface area contributed by atoms with Crippen LogP contribution in [0, 0.1) is 5.21 Å². The predicted octanol–water partition coefficient (Wildman–Crippen LogP) is -4.55. The lowest BCUT2D eigenvalue weighted by Crippen LogP contribution is -2.65. The number of nitrogens with zero attached hydrogens (tertiary/aromatic N) is 3. The highest BCUT2D eigenvalue weighted by atomic mass is 16.7. The van der Waals surface area contributed by atoms with E-state index in [0.29, 0.717) is 19.6 Å². The Bertz CT molecular complexity index is 633. The molecule has 2 rings (SSSR count). The summed E-state index contributed by atoms with van der Waals surface area (Å²) in [5.74, 6) is 0. The molecule has 2 aliphatic heterocycles. The molecular formula is C18H37N5O11. The topological polar surface area (TPSA) is 238 Å². The molecule has 0 saturated carbocycles. The van der Waals surface area contributed by atoms with Gasteiger partial charge in [-0.05, 0) is 6.92 Å². The van der Waals surface area contributed by atoms with Crippen LogP contribution in [0.2, 0.25) is 0 Å². The van der Waals surface area contributed by atoms with Crippen molar-refractivity contribution < 1.29 is 54.7 Å².